The van der Waals surface area contributed by atoms with E-state index in [1.54, 1.807) is 12.1 Å². The van der Waals surface area contributed by atoms with E-state index in [0.29, 0.717) is 19.4 Å². The number of fused-ring (bicyclic) bond motifs is 3. The molecule has 7 heteroatoms. The van der Waals surface area contributed by atoms with Crippen LogP contribution in [-0.4, -0.2) is 40.4 Å². The Hall–Kier alpha value is -4.13. The van der Waals surface area contributed by atoms with Crippen molar-refractivity contribution in [2.45, 2.75) is 50.2 Å². The topological polar surface area (TPSA) is 98.7 Å². The fourth-order valence-electron chi connectivity index (χ4n) is 6.89. The van der Waals surface area contributed by atoms with Gasteiger partial charge in [0.15, 0.2) is 0 Å². The molecule has 2 fully saturated rings. The highest BCUT2D eigenvalue weighted by Gasteiger charge is 2.48. The van der Waals surface area contributed by atoms with Gasteiger partial charge in [-0.05, 0) is 48.6 Å². The molecule has 3 aliphatic rings. The van der Waals surface area contributed by atoms with Crippen molar-refractivity contribution in [3.05, 3.63) is 101 Å². The van der Waals surface area contributed by atoms with Crippen molar-refractivity contribution in [3.8, 4) is 0 Å². The number of amides is 2. The molecule has 6 rings (SSSR count). The Labute approximate surface area is 228 Å². The van der Waals surface area contributed by atoms with Gasteiger partial charge in [0.2, 0.25) is 5.91 Å². The Morgan fingerprint density at radius 3 is 2.31 bits per heavy atom. The molecule has 0 bridgehead atoms. The summed E-state index contributed by atoms with van der Waals surface area (Å²) in [5, 5.41) is 16.3. The second kappa shape index (κ2) is 10.6. The third-order valence-electron chi connectivity index (χ3n) is 8.71. The highest BCUT2D eigenvalue weighted by Crippen LogP contribution is 2.51. The van der Waals surface area contributed by atoms with Gasteiger partial charge in [-0.1, -0.05) is 73.5 Å². The predicted octanol–water partition coefficient (Wildman–Crippen LogP) is 5.43. The molecular weight excluding hydrogens is 490 g/mol. The normalized spacial score (nSPS) is 25.6. The lowest BCUT2D eigenvalue weighted by Crippen LogP contribution is -2.50. The average molecular weight is 524 g/mol. The van der Waals surface area contributed by atoms with Crippen molar-refractivity contribution in [2.24, 2.45) is 11.8 Å². The molecular formula is C32H33N3O4. The molecule has 200 valence electrons. The number of hydrogen-bond acceptors (Lipinski definition) is 4. The smallest absolute Gasteiger partial charge is 0.336 e. The first-order valence-electron chi connectivity index (χ1n) is 13.9. The minimum absolute atomic E-state index is 0.0330. The summed E-state index contributed by atoms with van der Waals surface area (Å²) in [6, 6.07) is 24.7. The molecule has 3 N–H and O–H groups in total. The third-order valence-corrected chi connectivity index (χ3v) is 8.71. The van der Waals surface area contributed by atoms with Gasteiger partial charge in [-0.3, -0.25) is 9.59 Å². The molecule has 3 aromatic rings. The summed E-state index contributed by atoms with van der Waals surface area (Å²) in [7, 11) is 0. The van der Waals surface area contributed by atoms with Crippen molar-refractivity contribution in [1.82, 2.24) is 10.2 Å². The van der Waals surface area contributed by atoms with E-state index >= 15 is 0 Å². The van der Waals surface area contributed by atoms with Crippen LogP contribution in [0.2, 0.25) is 0 Å². The molecule has 5 atom stereocenters. The second-order valence-corrected chi connectivity index (χ2v) is 10.9. The molecule has 0 spiro atoms. The average Bonchev–Trinajstić information content (AvgIpc) is 3.43. The van der Waals surface area contributed by atoms with Crippen LogP contribution in [-0.2, 0) is 4.79 Å². The summed E-state index contributed by atoms with van der Waals surface area (Å²) < 4.78 is 0. The van der Waals surface area contributed by atoms with Crippen LogP contribution >= 0.6 is 0 Å². The number of anilines is 1. The van der Waals surface area contributed by atoms with Crippen LogP contribution in [0.25, 0.3) is 0 Å². The number of carbonyl (C=O) groups is 3. The van der Waals surface area contributed by atoms with E-state index in [-0.39, 0.29) is 47.0 Å². The number of aromatic carboxylic acids is 1. The van der Waals surface area contributed by atoms with E-state index in [2.05, 4.69) is 51.9 Å². The Bertz CT molecular complexity index is 1390. The minimum atomic E-state index is -1.14. The van der Waals surface area contributed by atoms with Gasteiger partial charge < -0.3 is 20.6 Å². The summed E-state index contributed by atoms with van der Waals surface area (Å²) in [6.07, 6.45) is 4.16. The Morgan fingerprint density at radius 1 is 0.821 bits per heavy atom. The Balaban J connectivity index is 1.27. The summed E-state index contributed by atoms with van der Waals surface area (Å²) in [6.45, 7) is 0.673. The van der Waals surface area contributed by atoms with Gasteiger partial charge >= 0.3 is 5.97 Å². The quantitative estimate of drug-likeness (QED) is 0.414. The number of para-hydroxylation sites is 1. The molecule has 2 aliphatic heterocycles. The third kappa shape index (κ3) is 4.67. The highest BCUT2D eigenvalue weighted by atomic mass is 16.4. The predicted molar refractivity (Wildman–Crippen MR) is 148 cm³/mol. The van der Waals surface area contributed by atoms with Crippen molar-refractivity contribution < 1.29 is 19.5 Å². The zero-order valence-corrected chi connectivity index (χ0v) is 21.8. The fourth-order valence-corrected chi connectivity index (χ4v) is 6.89. The maximum Gasteiger partial charge on any atom is 0.336 e. The molecule has 0 aromatic heterocycles. The lowest BCUT2D eigenvalue weighted by atomic mass is 9.79. The Morgan fingerprint density at radius 2 is 1.51 bits per heavy atom. The summed E-state index contributed by atoms with van der Waals surface area (Å²) in [5.74, 6) is -1.59. The molecule has 3 aromatic carbocycles. The Kier molecular flexibility index (Phi) is 6.81. The van der Waals surface area contributed by atoms with Crippen molar-refractivity contribution in [1.29, 1.82) is 0 Å². The fraction of sp³-hybridized carbons (Fsp3) is 0.344. The first kappa shape index (κ1) is 25.2. The summed E-state index contributed by atoms with van der Waals surface area (Å²) in [4.78, 5) is 41.2. The number of carboxylic acids is 1. The maximum absolute atomic E-state index is 14.3. The van der Waals surface area contributed by atoms with E-state index < -0.39 is 11.9 Å². The second-order valence-electron chi connectivity index (χ2n) is 10.9. The zero-order valence-electron chi connectivity index (χ0n) is 21.8. The number of carboxylic acid groups (broad SMARTS) is 1. The number of carbonyl (C=O) groups excluding carboxylic acids is 2. The van der Waals surface area contributed by atoms with Crippen molar-refractivity contribution in [3.63, 3.8) is 0 Å². The van der Waals surface area contributed by atoms with Crippen LogP contribution in [0.1, 0.15) is 76.0 Å². The van der Waals surface area contributed by atoms with E-state index in [1.807, 2.05) is 18.2 Å². The SMILES string of the molecule is O=C(O)c1ccccc1C(=O)N[C@@H]1CCCC[C@@H]1C(=O)N1CC[C@@H]2[C@H](c3ccccc3)Nc3ccccc3[C@@H]21. The highest BCUT2D eigenvalue weighted by molar-refractivity contribution is 6.05. The molecule has 0 unspecified atom stereocenters. The van der Waals surface area contributed by atoms with E-state index in [9.17, 15) is 19.5 Å². The van der Waals surface area contributed by atoms with E-state index in [0.717, 1.165) is 30.5 Å². The molecule has 1 saturated heterocycles. The number of nitrogens with one attached hydrogen (secondary N) is 2. The molecule has 0 radical (unpaired) electrons. The van der Waals surface area contributed by atoms with Crippen molar-refractivity contribution >= 4 is 23.5 Å². The number of nitrogens with zero attached hydrogens (tertiary/aromatic N) is 1. The monoisotopic (exact) mass is 523 g/mol. The van der Waals surface area contributed by atoms with Crippen LogP contribution < -0.4 is 10.6 Å². The van der Waals surface area contributed by atoms with E-state index in [4.69, 9.17) is 0 Å². The molecule has 2 heterocycles. The molecule has 2 amide bonds. The lowest BCUT2D eigenvalue weighted by Gasteiger charge is -2.42. The number of likely N-dealkylation sites (tertiary alicyclic amines) is 1. The number of hydrogen-bond donors (Lipinski definition) is 3. The van der Waals surface area contributed by atoms with Crippen LogP contribution in [0.4, 0.5) is 5.69 Å². The van der Waals surface area contributed by atoms with Crippen LogP contribution in [0.3, 0.4) is 0 Å². The number of rotatable bonds is 5. The van der Waals surface area contributed by atoms with Gasteiger partial charge in [-0.25, -0.2) is 4.79 Å². The maximum atomic E-state index is 14.3. The van der Waals surface area contributed by atoms with Crippen LogP contribution in [0, 0.1) is 11.8 Å². The molecule has 1 saturated carbocycles. The zero-order chi connectivity index (χ0) is 26.9. The first-order chi connectivity index (χ1) is 19.0. The van der Waals surface area contributed by atoms with Gasteiger partial charge in [0.1, 0.15) is 0 Å². The molecule has 39 heavy (non-hydrogen) atoms. The van der Waals surface area contributed by atoms with Gasteiger partial charge in [-0.2, -0.15) is 0 Å². The van der Waals surface area contributed by atoms with Gasteiger partial charge in [0.05, 0.1) is 29.1 Å². The van der Waals surface area contributed by atoms with Gasteiger partial charge in [-0.15, -0.1) is 0 Å². The van der Waals surface area contributed by atoms with Crippen molar-refractivity contribution in [2.75, 3.05) is 11.9 Å². The minimum Gasteiger partial charge on any atom is -0.478 e. The van der Waals surface area contributed by atoms with Crippen LogP contribution in [0.5, 0.6) is 0 Å². The van der Waals surface area contributed by atoms with Gasteiger partial charge in [0.25, 0.3) is 5.91 Å². The van der Waals surface area contributed by atoms with E-state index in [1.165, 1.54) is 17.7 Å². The first-order valence-corrected chi connectivity index (χ1v) is 13.9. The summed E-state index contributed by atoms with van der Waals surface area (Å²) in [5.41, 5.74) is 3.52. The summed E-state index contributed by atoms with van der Waals surface area (Å²) >= 11 is 0. The standard InChI is InChI=1S/C32H33N3O4/c36-30(21-12-4-5-13-22(21)32(38)39)34-27-17-9-7-15-24(27)31(37)35-19-18-25-28(20-10-2-1-3-11-20)33-26-16-8-6-14-23(26)29(25)35/h1-6,8,10-14,16,24-25,27-29,33H,7,9,15,17-19H2,(H,34,36)(H,38,39)/t24-,25+,27+,28-,29-/m0/s1. The molecule has 7 nitrogen and oxygen atoms in total. The largest absolute Gasteiger partial charge is 0.478 e. The van der Waals surface area contributed by atoms with Crippen LogP contribution in [0.15, 0.2) is 78.9 Å². The number of benzene rings is 3. The lowest BCUT2D eigenvalue weighted by molar-refractivity contribution is -0.138. The molecule has 1 aliphatic carbocycles. The van der Waals surface area contributed by atoms with Gasteiger partial charge in [0, 0.05) is 24.2 Å².